The second-order valence-electron chi connectivity index (χ2n) is 6.30. The molecule has 7 heteroatoms. The molecule has 2 N–H and O–H groups in total. The van der Waals surface area contributed by atoms with Crippen molar-refractivity contribution in [3.63, 3.8) is 0 Å². The average Bonchev–Trinajstić information content (AvgIpc) is 3.28. The lowest BCUT2D eigenvalue weighted by Crippen LogP contribution is -2.13. The minimum absolute atomic E-state index is 0.0412. The van der Waals surface area contributed by atoms with Crippen molar-refractivity contribution in [2.45, 2.75) is 11.4 Å². The van der Waals surface area contributed by atoms with Crippen molar-refractivity contribution >= 4 is 20.9 Å². The summed E-state index contributed by atoms with van der Waals surface area (Å²) in [4.78, 5) is 3.17. The lowest BCUT2D eigenvalue weighted by molar-refractivity contribution is 0.587. The highest BCUT2D eigenvalue weighted by atomic mass is 32.2. The molecule has 0 radical (unpaired) electrons. The van der Waals surface area contributed by atoms with E-state index in [9.17, 15) is 12.8 Å². The number of rotatable bonds is 5. The zero-order valence-corrected chi connectivity index (χ0v) is 15.4. The van der Waals surface area contributed by atoms with Crippen molar-refractivity contribution in [1.82, 2.24) is 14.3 Å². The SMILES string of the molecule is CNCc1cc(-c2ccc3[nH]ccc3c2)n(S(=O)(=O)c2ccc(F)cc2)c1. The van der Waals surface area contributed by atoms with Gasteiger partial charge in [0.1, 0.15) is 5.82 Å². The number of nitrogens with zero attached hydrogens (tertiary/aromatic N) is 1. The number of hydrogen-bond donors (Lipinski definition) is 2. The second-order valence-corrected chi connectivity index (χ2v) is 8.11. The molecule has 0 aliphatic heterocycles. The molecule has 0 amide bonds. The van der Waals surface area contributed by atoms with E-state index in [2.05, 4.69) is 10.3 Å². The molecule has 4 rings (SSSR count). The minimum Gasteiger partial charge on any atom is -0.361 e. The van der Waals surface area contributed by atoms with Gasteiger partial charge in [-0.15, -0.1) is 0 Å². The van der Waals surface area contributed by atoms with Crippen LogP contribution in [0, 0.1) is 5.82 Å². The Morgan fingerprint density at radius 1 is 1.07 bits per heavy atom. The average molecular weight is 383 g/mol. The zero-order valence-electron chi connectivity index (χ0n) is 14.6. The first-order valence-electron chi connectivity index (χ1n) is 8.43. The van der Waals surface area contributed by atoms with E-state index in [-0.39, 0.29) is 4.90 Å². The predicted octanol–water partition coefficient (Wildman–Crippen LogP) is 3.73. The van der Waals surface area contributed by atoms with E-state index in [1.807, 2.05) is 36.5 Å². The Morgan fingerprint density at radius 3 is 2.59 bits per heavy atom. The smallest absolute Gasteiger partial charge is 0.268 e. The van der Waals surface area contributed by atoms with Crippen LogP contribution in [0.2, 0.25) is 0 Å². The highest BCUT2D eigenvalue weighted by Gasteiger charge is 2.22. The van der Waals surface area contributed by atoms with Gasteiger partial charge in [-0.2, -0.15) is 0 Å². The molecule has 2 aromatic carbocycles. The number of aromatic amines is 1. The first kappa shape index (κ1) is 17.5. The van der Waals surface area contributed by atoms with Gasteiger partial charge in [-0.1, -0.05) is 6.07 Å². The molecule has 0 aliphatic rings. The van der Waals surface area contributed by atoms with Crippen LogP contribution in [0.15, 0.2) is 71.9 Å². The first-order chi connectivity index (χ1) is 13.0. The minimum atomic E-state index is -3.86. The topological polar surface area (TPSA) is 66.9 Å². The summed E-state index contributed by atoms with van der Waals surface area (Å²) in [6.07, 6.45) is 3.45. The Hall–Kier alpha value is -2.90. The standard InChI is InChI=1S/C20H18FN3O2S/c1-22-12-14-10-20(16-2-7-19-15(11-16)8-9-23-19)24(13-14)27(25,26)18-5-3-17(21)4-6-18/h2-11,13,22-23H,12H2,1H3. The van der Waals surface area contributed by atoms with Crippen LogP contribution in [-0.4, -0.2) is 24.4 Å². The maximum absolute atomic E-state index is 13.2. The summed E-state index contributed by atoms with van der Waals surface area (Å²) < 4.78 is 40.9. The molecule has 0 fully saturated rings. The van der Waals surface area contributed by atoms with Gasteiger partial charge in [0.2, 0.25) is 0 Å². The number of H-pyrrole nitrogens is 1. The number of hydrogen-bond acceptors (Lipinski definition) is 3. The van der Waals surface area contributed by atoms with Gasteiger partial charge in [-0.3, -0.25) is 0 Å². The van der Waals surface area contributed by atoms with Gasteiger partial charge in [0.25, 0.3) is 10.0 Å². The second kappa shape index (κ2) is 6.68. The van der Waals surface area contributed by atoms with E-state index in [1.54, 1.807) is 13.2 Å². The summed E-state index contributed by atoms with van der Waals surface area (Å²) in [5.74, 6) is -0.476. The maximum Gasteiger partial charge on any atom is 0.268 e. The molecule has 0 aliphatic carbocycles. The molecule has 5 nitrogen and oxygen atoms in total. The summed E-state index contributed by atoms with van der Waals surface area (Å²) in [5, 5.41) is 4.03. The van der Waals surface area contributed by atoms with Gasteiger partial charge in [0.05, 0.1) is 10.6 Å². The fraction of sp³-hybridized carbons (Fsp3) is 0.100. The molecule has 2 aromatic heterocycles. The Balaban J connectivity index is 1.90. The van der Waals surface area contributed by atoms with Crippen molar-refractivity contribution < 1.29 is 12.8 Å². The zero-order chi connectivity index (χ0) is 19.0. The van der Waals surface area contributed by atoms with Crippen LogP contribution in [0.4, 0.5) is 4.39 Å². The van der Waals surface area contributed by atoms with E-state index in [0.717, 1.165) is 34.2 Å². The molecule has 0 bridgehead atoms. The van der Waals surface area contributed by atoms with Crippen molar-refractivity contribution in [1.29, 1.82) is 0 Å². The van der Waals surface area contributed by atoms with Gasteiger partial charge >= 0.3 is 0 Å². The largest absolute Gasteiger partial charge is 0.361 e. The van der Waals surface area contributed by atoms with Gasteiger partial charge in [-0.25, -0.2) is 16.8 Å². The van der Waals surface area contributed by atoms with E-state index in [1.165, 1.54) is 16.1 Å². The lowest BCUT2D eigenvalue weighted by Gasteiger charge is -2.11. The fourth-order valence-electron chi connectivity index (χ4n) is 3.14. The Morgan fingerprint density at radius 2 is 1.85 bits per heavy atom. The third-order valence-electron chi connectivity index (χ3n) is 4.44. The van der Waals surface area contributed by atoms with Crippen molar-refractivity contribution in [2.24, 2.45) is 0 Å². The number of nitrogens with one attached hydrogen (secondary N) is 2. The molecule has 0 saturated carbocycles. The summed E-state index contributed by atoms with van der Waals surface area (Å²) in [6.45, 7) is 0.533. The van der Waals surface area contributed by atoms with Crippen LogP contribution < -0.4 is 5.32 Å². The van der Waals surface area contributed by atoms with Gasteiger partial charge in [0, 0.05) is 29.8 Å². The maximum atomic E-state index is 13.2. The Bertz CT molecular complexity index is 1210. The lowest BCUT2D eigenvalue weighted by atomic mass is 10.1. The molecule has 0 unspecified atom stereocenters. The predicted molar refractivity (Wildman–Crippen MR) is 103 cm³/mol. The number of benzene rings is 2. The van der Waals surface area contributed by atoms with Crippen LogP contribution in [-0.2, 0) is 16.6 Å². The van der Waals surface area contributed by atoms with Crippen LogP contribution in [0.3, 0.4) is 0 Å². The van der Waals surface area contributed by atoms with E-state index < -0.39 is 15.8 Å². The Labute approximate surface area is 156 Å². The summed E-state index contributed by atoms with van der Waals surface area (Å²) in [5.41, 5.74) is 3.17. The summed E-state index contributed by atoms with van der Waals surface area (Å²) in [6, 6.07) is 14.4. The van der Waals surface area contributed by atoms with Gasteiger partial charge < -0.3 is 10.3 Å². The third-order valence-corrected chi connectivity index (χ3v) is 6.13. The fourth-order valence-corrected chi connectivity index (χ4v) is 4.54. The molecule has 138 valence electrons. The molecule has 0 spiro atoms. The van der Waals surface area contributed by atoms with Crippen molar-refractivity contribution in [2.75, 3.05) is 7.05 Å². The molecular weight excluding hydrogens is 365 g/mol. The summed E-state index contributed by atoms with van der Waals surface area (Å²) in [7, 11) is -2.05. The van der Waals surface area contributed by atoms with Crippen molar-refractivity contribution in [3.8, 4) is 11.3 Å². The molecule has 2 heterocycles. The van der Waals surface area contributed by atoms with E-state index in [0.29, 0.717) is 12.2 Å². The van der Waals surface area contributed by atoms with Gasteiger partial charge in [0.15, 0.2) is 0 Å². The molecule has 0 atom stereocenters. The summed E-state index contributed by atoms with van der Waals surface area (Å²) >= 11 is 0. The molecular formula is C20H18FN3O2S. The quantitative estimate of drug-likeness (QED) is 0.552. The van der Waals surface area contributed by atoms with Crippen LogP contribution in [0.1, 0.15) is 5.56 Å². The third kappa shape index (κ3) is 3.15. The highest BCUT2D eigenvalue weighted by Crippen LogP contribution is 2.29. The number of halogens is 1. The molecule has 0 saturated heterocycles. The number of fused-ring (bicyclic) bond motifs is 1. The van der Waals surface area contributed by atoms with Gasteiger partial charge in [-0.05, 0) is 66.7 Å². The monoisotopic (exact) mass is 383 g/mol. The first-order valence-corrected chi connectivity index (χ1v) is 9.87. The van der Waals surface area contributed by atoms with E-state index in [4.69, 9.17) is 0 Å². The molecule has 27 heavy (non-hydrogen) atoms. The van der Waals surface area contributed by atoms with Crippen LogP contribution in [0.25, 0.3) is 22.2 Å². The van der Waals surface area contributed by atoms with Crippen LogP contribution in [0.5, 0.6) is 0 Å². The normalized spacial score (nSPS) is 11.9. The van der Waals surface area contributed by atoms with Crippen LogP contribution >= 0.6 is 0 Å². The molecule has 4 aromatic rings. The van der Waals surface area contributed by atoms with Crippen molar-refractivity contribution in [3.05, 3.63) is 78.4 Å². The Kier molecular flexibility index (Phi) is 4.33. The number of aromatic nitrogens is 2. The van der Waals surface area contributed by atoms with E-state index >= 15 is 0 Å². The highest BCUT2D eigenvalue weighted by molar-refractivity contribution is 7.90.